The molecule has 0 atom stereocenters. The number of allylic oxidation sites excluding steroid dienone is 1. The Kier molecular flexibility index (Phi) is 6.61. The SMILES string of the molecule is C=C(C)CCc1c(OC)cc(/C=C/c2ccccc2)c(C(=O)OC)c1O. The summed E-state index contributed by atoms with van der Waals surface area (Å²) < 4.78 is 10.3. The van der Waals surface area contributed by atoms with E-state index in [0.717, 1.165) is 11.1 Å². The summed E-state index contributed by atoms with van der Waals surface area (Å²) in [7, 11) is 2.84. The number of methoxy groups -OCH3 is 2. The Balaban J connectivity index is 2.55. The fraction of sp³-hybridized carbons (Fsp3) is 0.227. The molecular formula is C22H24O4. The number of hydrogen-bond acceptors (Lipinski definition) is 4. The van der Waals surface area contributed by atoms with Crippen LogP contribution in [0, 0.1) is 0 Å². The Hall–Kier alpha value is -3.01. The molecule has 1 N–H and O–H groups in total. The lowest BCUT2D eigenvalue weighted by atomic mass is 9.96. The second-order valence-electron chi connectivity index (χ2n) is 6.06. The molecule has 0 radical (unpaired) electrons. The van der Waals surface area contributed by atoms with Gasteiger partial charge in [0.15, 0.2) is 0 Å². The second-order valence-corrected chi connectivity index (χ2v) is 6.06. The summed E-state index contributed by atoms with van der Waals surface area (Å²) in [6.45, 7) is 5.80. The van der Waals surface area contributed by atoms with E-state index >= 15 is 0 Å². The average molecular weight is 352 g/mol. The van der Waals surface area contributed by atoms with Crippen molar-refractivity contribution in [2.45, 2.75) is 19.8 Å². The van der Waals surface area contributed by atoms with Crippen LogP contribution < -0.4 is 4.74 Å². The molecule has 0 saturated carbocycles. The van der Waals surface area contributed by atoms with Crippen LogP contribution in [0.1, 0.15) is 40.4 Å². The minimum atomic E-state index is -0.588. The molecule has 0 heterocycles. The van der Waals surface area contributed by atoms with Gasteiger partial charge in [-0.1, -0.05) is 48.1 Å². The van der Waals surface area contributed by atoms with Gasteiger partial charge in [0.1, 0.15) is 17.1 Å². The van der Waals surface area contributed by atoms with Gasteiger partial charge in [0.25, 0.3) is 0 Å². The van der Waals surface area contributed by atoms with E-state index in [1.807, 2.05) is 43.3 Å². The quantitative estimate of drug-likeness (QED) is 0.439. The highest BCUT2D eigenvalue weighted by molar-refractivity contribution is 5.98. The van der Waals surface area contributed by atoms with Crippen molar-refractivity contribution in [3.05, 3.63) is 70.8 Å². The number of carbonyl (C=O) groups excluding carboxylic acids is 1. The number of esters is 1. The maximum atomic E-state index is 12.3. The Morgan fingerprint density at radius 3 is 2.46 bits per heavy atom. The molecule has 2 rings (SSSR count). The fourth-order valence-electron chi connectivity index (χ4n) is 2.67. The van der Waals surface area contributed by atoms with Crippen LogP contribution in [0.5, 0.6) is 11.5 Å². The van der Waals surface area contributed by atoms with Gasteiger partial charge >= 0.3 is 5.97 Å². The van der Waals surface area contributed by atoms with E-state index < -0.39 is 5.97 Å². The van der Waals surface area contributed by atoms with Gasteiger partial charge in [-0.25, -0.2) is 4.79 Å². The normalized spacial score (nSPS) is 10.7. The van der Waals surface area contributed by atoms with Gasteiger partial charge in [0.2, 0.25) is 0 Å². The van der Waals surface area contributed by atoms with Crippen LogP contribution >= 0.6 is 0 Å². The Morgan fingerprint density at radius 2 is 1.88 bits per heavy atom. The summed E-state index contributed by atoms with van der Waals surface area (Å²) in [5, 5.41) is 10.7. The molecule has 0 aliphatic rings. The summed E-state index contributed by atoms with van der Waals surface area (Å²) >= 11 is 0. The topological polar surface area (TPSA) is 55.8 Å². The van der Waals surface area contributed by atoms with Crippen LogP contribution in [-0.4, -0.2) is 25.3 Å². The molecule has 4 heteroatoms. The van der Waals surface area contributed by atoms with E-state index in [1.165, 1.54) is 7.11 Å². The zero-order valence-corrected chi connectivity index (χ0v) is 15.4. The summed E-state index contributed by atoms with van der Waals surface area (Å²) in [5.74, 6) is -0.163. The van der Waals surface area contributed by atoms with Gasteiger partial charge in [0, 0.05) is 5.56 Å². The zero-order chi connectivity index (χ0) is 19.1. The Labute approximate surface area is 154 Å². The van der Waals surface area contributed by atoms with E-state index in [0.29, 0.717) is 29.7 Å². The first-order valence-corrected chi connectivity index (χ1v) is 8.36. The number of phenolic OH excluding ortho intramolecular Hbond substituents is 1. The van der Waals surface area contributed by atoms with E-state index in [-0.39, 0.29) is 11.3 Å². The van der Waals surface area contributed by atoms with Crippen LogP contribution in [0.2, 0.25) is 0 Å². The van der Waals surface area contributed by atoms with E-state index in [2.05, 4.69) is 6.58 Å². The molecular weight excluding hydrogens is 328 g/mol. The minimum Gasteiger partial charge on any atom is -0.507 e. The Morgan fingerprint density at radius 1 is 1.19 bits per heavy atom. The highest BCUT2D eigenvalue weighted by Gasteiger charge is 2.22. The number of hydrogen-bond donors (Lipinski definition) is 1. The molecule has 0 unspecified atom stereocenters. The molecule has 0 saturated heterocycles. The van der Waals surface area contributed by atoms with Gasteiger partial charge in [-0.3, -0.25) is 0 Å². The first-order valence-electron chi connectivity index (χ1n) is 8.36. The van der Waals surface area contributed by atoms with Crippen molar-refractivity contribution in [1.82, 2.24) is 0 Å². The molecule has 2 aromatic carbocycles. The first-order chi connectivity index (χ1) is 12.5. The van der Waals surface area contributed by atoms with Gasteiger partial charge in [-0.05, 0) is 37.0 Å². The third kappa shape index (κ3) is 4.54. The number of carbonyl (C=O) groups is 1. The predicted octanol–water partition coefficient (Wildman–Crippen LogP) is 4.87. The zero-order valence-electron chi connectivity index (χ0n) is 15.4. The van der Waals surface area contributed by atoms with Crippen molar-refractivity contribution < 1.29 is 19.4 Å². The van der Waals surface area contributed by atoms with Crippen LogP contribution in [0.15, 0.2) is 48.6 Å². The standard InChI is InChI=1S/C22H24O4/c1-15(2)10-13-18-19(25-3)14-17(20(21(18)23)22(24)26-4)12-11-16-8-6-5-7-9-16/h5-9,11-12,14,23H,1,10,13H2,2-4H3/b12-11+. The van der Waals surface area contributed by atoms with Gasteiger partial charge in [0.05, 0.1) is 14.2 Å². The smallest absolute Gasteiger partial charge is 0.342 e. The first kappa shape index (κ1) is 19.3. The molecule has 0 aromatic heterocycles. The number of aromatic hydroxyl groups is 1. The minimum absolute atomic E-state index is 0.106. The highest BCUT2D eigenvalue weighted by atomic mass is 16.5. The van der Waals surface area contributed by atoms with E-state index in [9.17, 15) is 9.90 Å². The summed E-state index contributed by atoms with van der Waals surface area (Å²) in [6, 6.07) is 11.4. The van der Waals surface area contributed by atoms with Crippen molar-refractivity contribution in [3.8, 4) is 11.5 Å². The van der Waals surface area contributed by atoms with E-state index in [1.54, 1.807) is 19.3 Å². The average Bonchev–Trinajstić information content (AvgIpc) is 2.65. The van der Waals surface area contributed by atoms with Crippen LogP contribution in [0.25, 0.3) is 12.2 Å². The molecule has 0 aliphatic heterocycles. The number of ether oxygens (including phenoxy) is 2. The van der Waals surface area contributed by atoms with Crippen LogP contribution in [-0.2, 0) is 11.2 Å². The van der Waals surface area contributed by atoms with Crippen LogP contribution in [0.3, 0.4) is 0 Å². The lowest BCUT2D eigenvalue weighted by Gasteiger charge is -2.16. The molecule has 2 aromatic rings. The number of benzene rings is 2. The molecule has 0 amide bonds. The number of phenols is 1. The molecule has 136 valence electrons. The molecule has 0 spiro atoms. The van der Waals surface area contributed by atoms with Crippen molar-refractivity contribution >= 4 is 18.1 Å². The highest BCUT2D eigenvalue weighted by Crippen LogP contribution is 2.37. The summed E-state index contributed by atoms with van der Waals surface area (Å²) in [4.78, 5) is 12.3. The van der Waals surface area contributed by atoms with Crippen molar-refractivity contribution in [2.24, 2.45) is 0 Å². The van der Waals surface area contributed by atoms with Gasteiger partial charge in [-0.2, -0.15) is 0 Å². The molecule has 0 aliphatic carbocycles. The third-order valence-corrected chi connectivity index (χ3v) is 4.06. The molecule has 0 fully saturated rings. The predicted molar refractivity (Wildman–Crippen MR) is 105 cm³/mol. The second kappa shape index (κ2) is 8.90. The number of rotatable bonds is 7. The van der Waals surface area contributed by atoms with Crippen LogP contribution in [0.4, 0.5) is 0 Å². The van der Waals surface area contributed by atoms with Crippen molar-refractivity contribution in [1.29, 1.82) is 0 Å². The van der Waals surface area contributed by atoms with Crippen molar-refractivity contribution in [2.75, 3.05) is 14.2 Å². The van der Waals surface area contributed by atoms with E-state index in [4.69, 9.17) is 9.47 Å². The largest absolute Gasteiger partial charge is 0.507 e. The maximum Gasteiger partial charge on any atom is 0.342 e. The third-order valence-electron chi connectivity index (χ3n) is 4.06. The lowest BCUT2D eigenvalue weighted by molar-refractivity contribution is 0.0597. The molecule has 4 nitrogen and oxygen atoms in total. The lowest BCUT2D eigenvalue weighted by Crippen LogP contribution is -2.07. The monoisotopic (exact) mass is 352 g/mol. The maximum absolute atomic E-state index is 12.3. The molecule has 0 bridgehead atoms. The fourth-order valence-corrected chi connectivity index (χ4v) is 2.67. The van der Waals surface area contributed by atoms with Gasteiger partial charge in [-0.15, -0.1) is 6.58 Å². The van der Waals surface area contributed by atoms with Crippen molar-refractivity contribution in [3.63, 3.8) is 0 Å². The summed E-state index contributed by atoms with van der Waals surface area (Å²) in [6.07, 6.45) is 4.85. The summed E-state index contributed by atoms with van der Waals surface area (Å²) in [5.41, 5.74) is 3.21. The molecule has 26 heavy (non-hydrogen) atoms. The van der Waals surface area contributed by atoms with Gasteiger partial charge < -0.3 is 14.6 Å². The Bertz CT molecular complexity index is 820.